The maximum absolute atomic E-state index is 11.6. The lowest BCUT2D eigenvalue weighted by molar-refractivity contribution is -0.122. The summed E-state index contributed by atoms with van der Waals surface area (Å²) in [4.78, 5) is 13.7. The van der Waals surface area contributed by atoms with Gasteiger partial charge < -0.3 is 20.6 Å². The van der Waals surface area contributed by atoms with Gasteiger partial charge in [-0.3, -0.25) is 9.48 Å². The Labute approximate surface area is 142 Å². The van der Waals surface area contributed by atoms with Crippen molar-refractivity contribution in [1.82, 2.24) is 15.1 Å². The van der Waals surface area contributed by atoms with Gasteiger partial charge in [-0.15, -0.1) is 0 Å². The first-order chi connectivity index (χ1) is 11.5. The summed E-state index contributed by atoms with van der Waals surface area (Å²) >= 11 is 0. The Morgan fingerprint density at radius 2 is 2.04 bits per heavy atom. The van der Waals surface area contributed by atoms with Crippen LogP contribution in [0.2, 0.25) is 0 Å². The number of nitrogens with one attached hydrogen (secondary N) is 2. The smallest absolute Gasteiger partial charge is 0.241 e. The zero-order valence-electron chi connectivity index (χ0n) is 14.4. The van der Waals surface area contributed by atoms with Gasteiger partial charge in [0.1, 0.15) is 6.54 Å². The van der Waals surface area contributed by atoms with Crippen molar-refractivity contribution in [2.24, 2.45) is 0 Å². The largest absolute Gasteiger partial charge is 0.395 e. The highest BCUT2D eigenvalue weighted by atomic mass is 16.3. The lowest BCUT2D eigenvalue weighted by atomic mass is 10.1. The number of rotatable bonds is 8. The molecule has 3 N–H and O–H groups in total. The fourth-order valence-electron chi connectivity index (χ4n) is 2.32. The third-order valence-electron chi connectivity index (χ3n) is 3.67. The van der Waals surface area contributed by atoms with Crippen molar-refractivity contribution in [2.45, 2.75) is 19.5 Å². The molecular formula is C17H25N5O2. The Hall–Kier alpha value is -2.54. The lowest BCUT2D eigenvalue weighted by Crippen LogP contribution is -2.30. The van der Waals surface area contributed by atoms with Crippen molar-refractivity contribution in [2.75, 3.05) is 37.5 Å². The monoisotopic (exact) mass is 331 g/mol. The number of carbonyl (C=O) groups excluding carboxylic acids is 1. The number of aliphatic hydroxyl groups is 1. The van der Waals surface area contributed by atoms with Gasteiger partial charge in [0.15, 0.2) is 0 Å². The number of nitrogens with zero attached hydrogens (tertiary/aromatic N) is 3. The van der Waals surface area contributed by atoms with Crippen molar-refractivity contribution < 1.29 is 9.90 Å². The van der Waals surface area contributed by atoms with Crippen molar-refractivity contribution in [3.8, 4) is 0 Å². The molecule has 0 aliphatic carbocycles. The molecule has 1 unspecified atom stereocenters. The molecule has 0 fully saturated rings. The van der Waals surface area contributed by atoms with Gasteiger partial charge in [-0.05, 0) is 24.6 Å². The summed E-state index contributed by atoms with van der Waals surface area (Å²) in [7, 11) is 4.03. The van der Waals surface area contributed by atoms with E-state index in [1.165, 1.54) is 5.56 Å². The standard InChI is InChI=1S/C17H25N5O2/c1-13(14-4-6-16(7-5-14)21(2)3)20-15-10-19-22(11-15)12-17(24)18-8-9-23/h4-7,10-11,13,20,23H,8-9,12H2,1-3H3,(H,18,24). The summed E-state index contributed by atoms with van der Waals surface area (Å²) in [6, 6.07) is 8.49. The summed E-state index contributed by atoms with van der Waals surface area (Å²) in [5, 5.41) is 18.8. The molecule has 1 heterocycles. The highest BCUT2D eigenvalue weighted by Crippen LogP contribution is 2.21. The highest BCUT2D eigenvalue weighted by Gasteiger charge is 2.09. The van der Waals surface area contributed by atoms with Crippen LogP contribution in [-0.2, 0) is 11.3 Å². The molecule has 2 rings (SSSR count). The van der Waals surface area contributed by atoms with Gasteiger partial charge in [-0.25, -0.2) is 0 Å². The van der Waals surface area contributed by atoms with Crippen LogP contribution in [0.1, 0.15) is 18.5 Å². The third-order valence-corrected chi connectivity index (χ3v) is 3.67. The van der Waals surface area contributed by atoms with Crippen molar-refractivity contribution >= 4 is 17.3 Å². The number of carbonyl (C=O) groups is 1. The number of benzene rings is 1. The molecule has 0 bridgehead atoms. The van der Waals surface area contributed by atoms with E-state index in [1.54, 1.807) is 17.1 Å². The third kappa shape index (κ3) is 4.99. The first-order valence-corrected chi connectivity index (χ1v) is 7.93. The molecule has 0 aliphatic rings. The van der Waals surface area contributed by atoms with E-state index >= 15 is 0 Å². The molecule has 0 saturated heterocycles. The van der Waals surface area contributed by atoms with Gasteiger partial charge in [0.25, 0.3) is 0 Å². The molecule has 1 aromatic heterocycles. The number of anilines is 2. The van der Waals surface area contributed by atoms with Crippen LogP contribution < -0.4 is 15.5 Å². The normalized spacial score (nSPS) is 11.8. The van der Waals surface area contributed by atoms with E-state index in [1.807, 2.05) is 14.1 Å². The van der Waals surface area contributed by atoms with Crippen molar-refractivity contribution in [1.29, 1.82) is 0 Å². The average Bonchev–Trinajstić information content (AvgIpc) is 2.99. The molecule has 0 aliphatic heterocycles. The van der Waals surface area contributed by atoms with Crippen LogP contribution in [0.3, 0.4) is 0 Å². The van der Waals surface area contributed by atoms with Gasteiger partial charge in [-0.2, -0.15) is 5.10 Å². The number of aliphatic hydroxyl groups excluding tert-OH is 1. The molecule has 24 heavy (non-hydrogen) atoms. The summed E-state index contributed by atoms with van der Waals surface area (Å²) in [5.41, 5.74) is 3.19. The molecular weight excluding hydrogens is 306 g/mol. The van der Waals surface area contributed by atoms with Crippen LogP contribution in [-0.4, -0.2) is 48.0 Å². The van der Waals surface area contributed by atoms with Gasteiger partial charge in [0, 0.05) is 38.6 Å². The van der Waals surface area contributed by atoms with Gasteiger partial charge in [-0.1, -0.05) is 12.1 Å². The molecule has 2 aromatic rings. The molecule has 0 radical (unpaired) electrons. The molecule has 0 saturated carbocycles. The SMILES string of the molecule is CC(Nc1cnn(CC(=O)NCCO)c1)c1ccc(N(C)C)cc1. The van der Waals surface area contributed by atoms with Crippen LogP contribution in [0.15, 0.2) is 36.7 Å². The molecule has 0 spiro atoms. The van der Waals surface area contributed by atoms with Crippen LogP contribution in [0, 0.1) is 0 Å². The van der Waals surface area contributed by atoms with E-state index in [2.05, 4.69) is 51.8 Å². The minimum atomic E-state index is -0.175. The highest BCUT2D eigenvalue weighted by molar-refractivity contribution is 5.75. The maximum atomic E-state index is 11.6. The van der Waals surface area contributed by atoms with E-state index < -0.39 is 0 Å². The second-order valence-electron chi connectivity index (χ2n) is 5.85. The molecule has 7 heteroatoms. The average molecular weight is 331 g/mol. The van der Waals surface area contributed by atoms with Crippen LogP contribution in [0.25, 0.3) is 0 Å². The van der Waals surface area contributed by atoms with Gasteiger partial charge >= 0.3 is 0 Å². The Morgan fingerprint density at radius 1 is 1.33 bits per heavy atom. The van der Waals surface area contributed by atoms with Gasteiger partial charge in [0.05, 0.1) is 18.5 Å². The Morgan fingerprint density at radius 3 is 2.67 bits per heavy atom. The minimum Gasteiger partial charge on any atom is -0.395 e. The number of aromatic nitrogens is 2. The summed E-state index contributed by atoms with van der Waals surface area (Å²) < 4.78 is 1.57. The van der Waals surface area contributed by atoms with Crippen molar-refractivity contribution in [3.63, 3.8) is 0 Å². The van der Waals surface area contributed by atoms with Crippen molar-refractivity contribution in [3.05, 3.63) is 42.2 Å². The minimum absolute atomic E-state index is 0.0677. The topological polar surface area (TPSA) is 82.4 Å². The summed E-state index contributed by atoms with van der Waals surface area (Å²) in [6.07, 6.45) is 3.49. The van der Waals surface area contributed by atoms with Gasteiger partial charge in [0.2, 0.25) is 5.91 Å². The molecule has 130 valence electrons. The van der Waals surface area contributed by atoms with Crippen LogP contribution >= 0.6 is 0 Å². The zero-order chi connectivity index (χ0) is 17.5. The Kier molecular flexibility index (Phi) is 6.20. The lowest BCUT2D eigenvalue weighted by Gasteiger charge is -2.17. The van der Waals surface area contributed by atoms with E-state index in [-0.39, 0.29) is 31.6 Å². The first kappa shape index (κ1) is 17.8. The zero-order valence-corrected chi connectivity index (χ0v) is 14.4. The second kappa shape index (κ2) is 8.35. The Balaban J connectivity index is 1.92. The van der Waals surface area contributed by atoms with E-state index in [0.29, 0.717) is 0 Å². The summed E-state index contributed by atoms with van der Waals surface area (Å²) in [5.74, 6) is -0.175. The number of amides is 1. The predicted molar refractivity (Wildman–Crippen MR) is 95.1 cm³/mol. The first-order valence-electron chi connectivity index (χ1n) is 7.93. The molecule has 7 nitrogen and oxygen atoms in total. The fourth-order valence-corrected chi connectivity index (χ4v) is 2.32. The molecule has 1 atom stereocenters. The van der Waals surface area contributed by atoms with E-state index in [0.717, 1.165) is 11.4 Å². The summed E-state index contributed by atoms with van der Waals surface area (Å²) in [6.45, 7) is 2.40. The molecule has 1 amide bonds. The van der Waals surface area contributed by atoms with Crippen LogP contribution in [0.5, 0.6) is 0 Å². The number of hydrogen-bond donors (Lipinski definition) is 3. The maximum Gasteiger partial charge on any atom is 0.241 e. The van der Waals surface area contributed by atoms with E-state index in [9.17, 15) is 4.79 Å². The number of hydrogen-bond acceptors (Lipinski definition) is 5. The van der Waals surface area contributed by atoms with Crippen LogP contribution in [0.4, 0.5) is 11.4 Å². The molecule has 1 aromatic carbocycles. The predicted octanol–water partition coefficient (Wildman–Crippen LogP) is 1.23. The fraction of sp³-hybridized carbons (Fsp3) is 0.412. The van der Waals surface area contributed by atoms with E-state index in [4.69, 9.17) is 5.11 Å². The quantitative estimate of drug-likeness (QED) is 0.678. The Bertz CT molecular complexity index is 651. The second-order valence-corrected chi connectivity index (χ2v) is 5.85.